The Kier molecular flexibility index (Phi) is 3.74. The second kappa shape index (κ2) is 5.29. The first kappa shape index (κ1) is 12.7. The summed E-state index contributed by atoms with van der Waals surface area (Å²) in [5, 5.41) is 8.98. The lowest BCUT2D eigenvalue weighted by Gasteiger charge is -2.08. The van der Waals surface area contributed by atoms with Gasteiger partial charge >= 0.3 is 0 Å². The molecule has 1 aromatic carbocycles. The van der Waals surface area contributed by atoms with E-state index in [1.54, 1.807) is 0 Å². The maximum Gasteiger partial charge on any atom is 0.238 e. The molecule has 18 heavy (non-hydrogen) atoms. The molecule has 0 aliphatic heterocycles. The Hall–Kier alpha value is -1.72. The van der Waals surface area contributed by atoms with Gasteiger partial charge in [0.1, 0.15) is 5.02 Å². The molecule has 0 aliphatic carbocycles. The molecule has 0 atom stereocenters. The van der Waals surface area contributed by atoms with Crippen LogP contribution in [0, 0.1) is 11.6 Å². The first-order valence-corrected chi connectivity index (χ1v) is 5.36. The van der Waals surface area contributed by atoms with Crippen molar-refractivity contribution < 1.29 is 18.6 Å². The fourth-order valence-corrected chi connectivity index (χ4v) is 1.52. The molecule has 94 valence electrons. The van der Waals surface area contributed by atoms with Gasteiger partial charge in [-0.05, 0) is 23.8 Å². The molecular weight excluding hydrogens is 264 g/mol. The van der Waals surface area contributed by atoms with Gasteiger partial charge in [-0.15, -0.1) is 0 Å². The molecule has 0 saturated carbocycles. The van der Waals surface area contributed by atoms with Crippen molar-refractivity contribution in [3.8, 4) is 11.6 Å². The number of aliphatic hydroxyl groups is 1. The van der Waals surface area contributed by atoms with Crippen molar-refractivity contribution in [3.63, 3.8) is 0 Å². The number of aromatic nitrogens is 1. The summed E-state index contributed by atoms with van der Waals surface area (Å²) in [5.74, 6) is -2.49. The molecule has 0 bridgehead atoms. The molecule has 6 heteroatoms. The Morgan fingerprint density at radius 2 is 2.11 bits per heavy atom. The van der Waals surface area contributed by atoms with E-state index >= 15 is 0 Å². The van der Waals surface area contributed by atoms with E-state index in [0.29, 0.717) is 5.56 Å². The highest BCUT2D eigenvalue weighted by atomic mass is 35.5. The van der Waals surface area contributed by atoms with E-state index in [1.165, 1.54) is 24.4 Å². The third-order valence-electron chi connectivity index (χ3n) is 2.17. The number of aliphatic hydroxyl groups excluding tert-OH is 1. The first-order valence-electron chi connectivity index (χ1n) is 4.99. The van der Waals surface area contributed by atoms with Gasteiger partial charge < -0.3 is 9.84 Å². The van der Waals surface area contributed by atoms with Gasteiger partial charge in [-0.3, -0.25) is 0 Å². The maximum absolute atomic E-state index is 13.4. The van der Waals surface area contributed by atoms with E-state index in [4.69, 9.17) is 21.4 Å². The smallest absolute Gasteiger partial charge is 0.238 e. The van der Waals surface area contributed by atoms with Crippen LogP contribution in [-0.4, -0.2) is 10.1 Å². The van der Waals surface area contributed by atoms with Crippen molar-refractivity contribution >= 4 is 11.6 Å². The van der Waals surface area contributed by atoms with Crippen LogP contribution < -0.4 is 4.74 Å². The zero-order valence-electron chi connectivity index (χ0n) is 9.03. The molecule has 0 spiro atoms. The predicted octanol–water partition coefficient (Wildman–Crippen LogP) is 3.30. The van der Waals surface area contributed by atoms with Gasteiger partial charge in [0.05, 0.1) is 6.61 Å². The zero-order valence-corrected chi connectivity index (χ0v) is 9.79. The highest BCUT2D eigenvalue weighted by molar-refractivity contribution is 6.31. The lowest BCUT2D eigenvalue weighted by molar-refractivity contribution is 0.281. The summed E-state index contributed by atoms with van der Waals surface area (Å²) < 4.78 is 31.4. The molecule has 1 heterocycles. The normalized spacial score (nSPS) is 10.4. The van der Waals surface area contributed by atoms with Crippen molar-refractivity contribution in [1.82, 2.24) is 4.98 Å². The van der Waals surface area contributed by atoms with Gasteiger partial charge in [0.2, 0.25) is 11.7 Å². The molecule has 2 aromatic rings. The van der Waals surface area contributed by atoms with Crippen LogP contribution in [0.3, 0.4) is 0 Å². The molecule has 0 fully saturated rings. The van der Waals surface area contributed by atoms with E-state index in [0.717, 1.165) is 6.07 Å². The fraction of sp³-hybridized carbons (Fsp3) is 0.0833. The maximum atomic E-state index is 13.4. The Labute approximate surface area is 107 Å². The summed E-state index contributed by atoms with van der Waals surface area (Å²) >= 11 is 5.84. The average molecular weight is 272 g/mol. The van der Waals surface area contributed by atoms with Gasteiger partial charge in [-0.2, -0.15) is 4.39 Å². The largest absolute Gasteiger partial charge is 0.434 e. The topological polar surface area (TPSA) is 42.4 Å². The summed E-state index contributed by atoms with van der Waals surface area (Å²) in [6, 6.07) is 4.98. The highest BCUT2D eigenvalue weighted by Gasteiger charge is 2.12. The Morgan fingerprint density at radius 3 is 2.78 bits per heavy atom. The van der Waals surface area contributed by atoms with Gasteiger partial charge in [-0.25, -0.2) is 9.37 Å². The van der Waals surface area contributed by atoms with Crippen molar-refractivity contribution in [2.75, 3.05) is 0 Å². The molecule has 0 saturated heterocycles. The standard InChI is InChI=1S/C12H8ClF2NO2/c13-8-4-7(6-17)5-16-12(8)18-10-3-1-2-9(14)11(10)15/h1-5,17H,6H2. The lowest BCUT2D eigenvalue weighted by atomic mass is 10.3. The van der Waals surface area contributed by atoms with Crippen molar-refractivity contribution in [3.05, 3.63) is 52.7 Å². The number of ether oxygens (including phenoxy) is 1. The number of benzene rings is 1. The van der Waals surface area contributed by atoms with Crippen LogP contribution in [0.5, 0.6) is 11.6 Å². The van der Waals surface area contributed by atoms with E-state index in [9.17, 15) is 8.78 Å². The van der Waals surface area contributed by atoms with Crippen LogP contribution in [0.2, 0.25) is 5.02 Å². The molecule has 1 aromatic heterocycles. The summed E-state index contributed by atoms with van der Waals surface area (Å²) in [7, 11) is 0. The summed E-state index contributed by atoms with van der Waals surface area (Å²) in [4.78, 5) is 3.81. The third kappa shape index (κ3) is 2.57. The van der Waals surface area contributed by atoms with Crippen molar-refractivity contribution in [2.45, 2.75) is 6.61 Å². The Morgan fingerprint density at radius 1 is 1.33 bits per heavy atom. The van der Waals surface area contributed by atoms with Crippen molar-refractivity contribution in [2.24, 2.45) is 0 Å². The molecule has 0 amide bonds. The fourth-order valence-electron chi connectivity index (χ4n) is 1.29. The lowest BCUT2D eigenvalue weighted by Crippen LogP contribution is -1.95. The number of pyridine rings is 1. The van der Waals surface area contributed by atoms with Gasteiger partial charge in [0, 0.05) is 6.20 Å². The van der Waals surface area contributed by atoms with E-state index < -0.39 is 11.6 Å². The van der Waals surface area contributed by atoms with E-state index in [2.05, 4.69) is 4.98 Å². The van der Waals surface area contributed by atoms with Crippen LogP contribution in [-0.2, 0) is 6.61 Å². The molecular formula is C12H8ClF2NO2. The first-order chi connectivity index (χ1) is 8.61. The molecule has 0 radical (unpaired) electrons. The quantitative estimate of drug-likeness (QED) is 0.931. The predicted molar refractivity (Wildman–Crippen MR) is 61.6 cm³/mol. The zero-order chi connectivity index (χ0) is 13.1. The Bertz CT molecular complexity index is 578. The van der Waals surface area contributed by atoms with Crippen LogP contribution in [0.25, 0.3) is 0 Å². The summed E-state index contributed by atoms with van der Waals surface area (Å²) in [5.41, 5.74) is 0.493. The van der Waals surface area contributed by atoms with Crippen LogP contribution in [0.4, 0.5) is 8.78 Å². The average Bonchev–Trinajstić information content (AvgIpc) is 2.37. The molecule has 0 unspecified atom stereocenters. The number of hydrogen-bond acceptors (Lipinski definition) is 3. The SMILES string of the molecule is OCc1cnc(Oc2cccc(F)c2F)c(Cl)c1. The second-order valence-electron chi connectivity index (χ2n) is 3.44. The summed E-state index contributed by atoms with van der Waals surface area (Å²) in [6.45, 7) is -0.221. The number of hydrogen-bond donors (Lipinski definition) is 1. The van der Waals surface area contributed by atoms with E-state index in [-0.39, 0.29) is 23.3 Å². The molecule has 3 nitrogen and oxygen atoms in total. The number of halogens is 3. The van der Waals surface area contributed by atoms with Gasteiger partial charge in [0.25, 0.3) is 0 Å². The third-order valence-corrected chi connectivity index (χ3v) is 2.44. The molecule has 1 N–H and O–H groups in total. The second-order valence-corrected chi connectivity index (χ2v) is 3.85. The minimum atomic E-state index is -1.11. The van der Waals surface area contributed by atoms with Gasteiger partial charge in [0.15, 0.2) is 11.6 Å². The number of nitrogens with zero attached hydrogens (tertiary/aromatic N) is 1. The van der Waals surface area contributed by atoms with Crippen LogP contribution in [0.1, 0.15) is 5.56 Å². The van der Waals surface area contributed by atoms with Crippen LogP contribution >= 0.6 is 11.6 Å². The van der Waals surface area contributed by atoms with Crippen LogP contribution in [0.15, 0.2) is 30.5 Å². The highest BCUT2D eigenvalue weighted by Crippen LogP contribution is 2.29. The van der Waals surface area contributed by atoms with Gasteiger partial charge in [-0.1, -0.05) is 17.7 Å². The number of rotatable bonds is 3. The minimum absolute atomic E-state index is 0.0571. The van der Waals surface area contributed by atoms with Crippen molar-refractivity contribution in [1.29, 1.82) is 0 Å². The molecule has 0 aliphatic rings. The van der Waals surface area contributed by atoms with E-state index in [1.807, 2.05) is 0 Å². The summed E-state index contributed by atoms with van der Waals surface area (Å²) in [6.07, 6.45) is 1.33. The minimum Gasteiger partial charge on any atom is -0.434 e. The Balaban J connectivity index is 2.31. The monoisotopic (exact) mass is 271 g/mol. The molecule has 2 rings (SSSR count).